The Morgan fingerprint density at radius 1 is 1.04 bits per heavy atom. The first-order valence-corrected chi connectivity index (χ1v) is 8.17. The third kappa shape index (κ3) is 3.58. The van der Waals surface area contributed by atoms with E-state index in [-0.39, 0.29) is 17.1 Å². The van der Waals surface area contributed by atoms with Gasteiger partial charge in [-0.05, 0) is 43.5 Å². The molecule has 1 aromatic carbocycles. The average molecular weight is 366 g/mol. The second-order valence-corrected chi connectivity index (χ2v) is 5.85. The maximum atomic E-state index is 14.7. The summed E-state index contributed by atoms with van der Waals surface area (Å²) in [6.45, 7) is 1.03. The van der Waals surface area contributed by atoms with E-state index in [4.69, 9.17) is 4.74 Å². The van der Waals surface area contributed by atoms with Gasteiger partial charge in [0.05, 0.1) is 12.7 Å². The molecule has 1 aromatic heterocycles. The lowest BCUT2D eigenvalue weighted by Gasteiger charge is -2.28. The monoisotopic (exact) mass is 366 g/mol. The second-order valence-electron chi connectivity index (χ2n) is 5.85. The van der Waals surface area contributed by atoms with E-state index in [1.807, 2.05) is 0 Å². The minimum absolute atomic E-state index is 0.0469. The van der Waals surface area contributed by atoms with Crippen molar-refractivity contribution in [3.8, 4) is 11.5 Å². The molecule has 0 spiro atoms. The molecule has 1 saturated heterocycles. The van der Waals surface area contributed by atoms with Crippen LogP contribution in [0.2, 0.25) is 0 Å². The van der Waals surface area contributed by atoms with E-state index in [1.54, 1.807) is 4.90 Å². The van der Waals surface area contributed by atoms with E-state index < -0.39 is 29.3 Å². The molecular weight excluding hydrogens is 349 g/mol. The number of ether oxygens (including phenoxy) is 2. The van der Waals surface area contributed by atoms with E-state index in [2.05, 4.69) is 9.72 Å². The Balaban J connectivity index is 1.91. The fraction of sp³-hybridized carbons (Fsp3) is 0.333. The van der Waals surface area contributed by atoms with E-state index in [9.17, 15) is 18.0 Å². The molecule has 3 rings (SSSR count). The summed E-state index contributed by atoms with van der Waals surface area (Å²) in [5, 5.41) is 0. The number of hydrogen-bond donors (Lipinski definition) is 0. The largest absolute Gasteiger partial charge is 0.465 e. The maximum Gasteiger partial charge on any atom is 0.337 e. The summed E-state index contributed by atoms with van der Waals surface area (Å²) in [6.07, 6.45) is 2.65. The highest BCUT2D eigenvalue weighted by Crippen LogP contribution is 2.34. The Hall–Kier alpha value is -2.77. The summed E-state index contributed by atoms with van der Waals surface area (Å²) in [5.74, 6) is -5.60. The van der Waals surface area contributed by atoms with Crippen molar-refractivity contribution in [3.63, 3.8) is 0 Å². The molecule has 1 aliphatic heterocycles. The van der Waals surface area contributed by atoms with Crippen LogP contribution in [0.15, 0.2) is 24.3 Å². The molecular formula is C18H17F3N2O3. The predicted octanol–water partition coefficient (Wildman–Crippen LogP) is 4.07. The number of carbonyl (C=O) groups is 1. The zero-order chi connectivity index (χ0) is 18.7. The second kappa shape index (κ2) is 7.63. The van der Waals surface area contributed by atoms with Gasteiger partial charge in [-0.1, -0.05) is 0 Å². The smallest absolute Gasteiger partial charge is 0.337 e. The minimum Gasteiger partial charge on any atom is -0.465 e. The number of benzene rings is 1. The number of anilines is 1. The predicted molar refractivity (Wildman–Crippen MR) is 88.0 cm³/mol. The zero-order valence-electron chi connectivity index (χ0n) is 14.1. The van der Waals surface area contributed by atoms with Crippen molar-refractivity contribution < 1.29 is 27.4 Å². The van der Waals surface area contributed by atoms with Gasteiger partial charge < -0.3 is 14.4 Å². The number of nitrogens with zero attached hydrogens (tertiary/aromatic N) is 2. The molecule has 0 aliphatic carbocycles. The Morgan fingerprint density at radius 2 is 1.69 bits per heavy atom. The topological polar surface area (TPSA) is 51.7 Å². The lowest BCUT2D eigenvalue weighted by molar-refractivity contribution is 0.0600. The first-order valence-electron chi connectivity index (χ1n) is 8.17. The number of hydrogen-bond acceptors (Lipinski definition) is 5. The molecule has 1 fully saturated rings. The fourth-order valence-corrected chi connectivity index (χ4v) is 2.78. The summed E-state index contributed by atoms with van der Waals surface area (Å²) >= 11 is 0. The van der Waals surface area contributed by atoms with Crippen LogP contribution in [0, 0.1) is 17.6 Å². The molecule has 0 unspecified atom stereocenters. The first kappa shape index (κ1) is 18.0. The van der Waals surface area contributed by atoms with Crippen LogP contribution >= 0.6 is 0 Å². The van der Waals surface area contributed by atoms with Crippen molar-refractivity contribution >= 4 is 11.8 Å². The van der Waals surface area contributed by atoms with Crippen LogP contribution in [-0.4, -0.2) is 31.2 Å². The molecule has 0 atom stereocenters. The molecule has 5 nitrogen and oxygen atoms in total. The minimum atomic E-state index is -1.50. The third-order valence-corrected chi connectivity index (χ3v) is 4.13. The molecule has 26 heavy (non-hydrogen) atoms. The van der Waals surface area contributed by atoms with E-state index in [1.165, 1.54) is 31.4 Å². The Labute approximate surface area is 148 Å². The molecule has 0 saturated carbocycles. The van der Waals surface area contributed by atoms with Crippen molar-refractivity contribution in [2.75, 3.05) is 25.1 Å². The molecule has 0 N–H and O–H groups in total. The van der Waals surface area contributed by atoms with Gasteiger partial charge in [0.15, 0.2) is 5.82 Å². The van der Waals surface area contributed by atoms with Crippen molar-refractivity contribution in [3.05, 3.63) is 47.4 Å². The number of rotatable bonds is 4. The SMILES string of the molecule is COC(=O)c1ccc(Oc2c(F)c(F)nc(N3CCCCC3)c2F)cc1. The van der Waals surface area contributed by atoms with Gasteiger partial charge in [-0.2, -0.15) is 18.2 Å². The molecule has 8 heteroatoms. The summed E-state index contributed by atoms with van der Waals surface area (Å²) < 4.78 is 52.5. The van der Waals surface area contributed by atoms with E-state index in [0.717, 1.165) is 19.3 Å². The van der Waals surface area contributed by atoms with Crippen LogP contribution < -0.4 is 9.64 Å². The summed E-state index contributed by atoms with van der Waals surface area (Å²) in [5.41, 5.74) is 0.246. The molecule has 2 aromatic rings. The van der Waals surface area contributed by atoms with Crippen molar-refractivity contribution in [2.45, 2.75) is 19.3 Å². The number of pyridine rings is 1. The number of halogens is 3. The molecule has 138 valence electrons. The maximum absolute atomic E-state index is 14.7. The van der Waals surface area contributed by atoms with Gasteiger partial charge in [0.1, 0.15) is 5.75 Å². The van der Waals surface area contributed by atoms with Crippen molar-refractivity contribution in [2.24, 2.45) is 0 Å². The molecule has 2 heterocycles. The lowest BCUT2D eigenvalue weighted by Crippen LogP contribution is -2.31. The number of methoxy groups -OCH3 is 1. The number of aromatic nitrogens is 1. The fourth-order valence-electron chi connectivity index (χ4n) is 2.78. The van der Waals surface area contributed by atoms with Gasteiger partial charge in [0.2, 0.25) is 17.4 Å². The highest BCUT2D eigenvalue weighted by molar-refractivity contribution is 5.89. The summed E-state index contributed by atoms with van der Waals surface area (Å²) in [7, 11) is 1.24. The van der Waals surface area contributed by atoms with E-state index in [0.29, 0.717) is 13.1 Å². The van der Waals surface area contributed by atoms with Crippen molar-refractivity contribution in [1.82, 2.24) is 4.98 Å². The van der Waals surface area contributed by atoms with Crippen LogP contribution in [0.1, 0.15) is 29.6 Å². The molecule has 0 bridgehead atoms. The highest BCUT2D eigenvalue weighted by atomic mass is 19.2. The first-order chi connectivity index (χ1) is 12.5. The zero-order valence-corrected chi connectivity index (χ0v) is 14.1. The van der Waals surface area contributed by atoms with Gasteiger partial charge in [-0.3, -0.25) is 0 Å². The number of piperidine rings is 1. The van der Waals surface area contributed by atoms with Gasteiger partial charge >= 0.3 is 5.97 Å². The van der Waals surface area contributed by atoms with Gasteiger partial charge in [0.25, 0.3) is 5.95 Å². The van der Waals surface area contributed by atoms with Crippen LogP contribution in [-0.2, 0) is 4.74 Å². The van der Waals surface area contributed by atoms with Gasteiger partial charge in [0, 0.05) is 13.1 Å². The summed E-state index contributed by atoms with van der Waals surface area (Å²) in [4.78, 5) is 16.4. The van der Waals surface area contributed by atoms with Crippen LogP contribution in [0.4, 0.5) is 19.0 Å². The van der Waals surface area contributed by atoms with Crippen LogP contribution in [0.5, 0.6) is 11.5 Å². The number of esters is 1. The summed E-state index contributed by atoms with van der Waals surface area (Å²) in [6, 6.07) is 5.42. The normalized spacial score (nSPS) is 14.2. The van der Waals surface area contributed by atoms with Gasteiger partial charge in [-0.25, -0.2) is 4.79 Å². The quantitative estimate of drug-likeness (QED) is 0.603. The third-order valence-electron chi connectivity index (χ3n) is 4.13. The Kier molecular flexibility index (Phi) is 5.29. The van der Waals surface area contributed by atoms with Crippen LogP contribution in [0.3, 0.4) is 0 Å². The van der Waals surface area contributed by atoms with Crippen molar-refractivity contribution in [1.29, 1.82) is 0 Å². The molecule has 1 aliphatic rings. The van der Waals surface area contributed by atoms with Crippen LogP contribution in [0.25, 0.3) is 0 Å². The lowest BCUT2D eigenvalue weighted by atomic mass is 10.1. The van der Waals surface area contributed by atoms with Gasteiger partial charge in [-0.15, -0.1) is 0 Å². The Morgan fingerprint density at radius 3 is 2.31 bits per heavy atom. The average Bonchev–Trinajstić information content (AvgIpc) is 2.68. The Bertz CT molecular complexity index is 806. The highest BCUT2D eigenvalue weighted by Gasteiger charge is 2.26. The van der Waals surface area contributed by atoms with E-state index >= 15 is 0 Å². The number of carbonyl (C=O) groups excluding carboxylic acids is 1. The standard InChI is InChI=1S/C18H17F3N2O3/c1-25-18(24)11-5-7-12(8-6-11)26-15-13(19)16(21)22-17(14(15)20)23-9-3-2-4-10-23/h5-8H,2-4,9-10H2,1H3. The molecule has 0 amide bonds. The molecule has 0 radical (unpaired) electrons.